The number of hydrogen-bond donors (Lipinski definition) is 0. The summed E-state index contributed by atoms with van der Waals surface area (Å²) in [7, 11) is 2.18. The maximum absolute atomic E-state index is 9.18. The van der Waals surface area contributed by atoms with Crippen LogP contribution in [0, 0.1) is 11.3 Å². The first-order valence-corrected chi connectivity index (χ1v) is 7.17. The molecule has 0 aromatic carbocycles. The first kappa shape index (κ1) is 11.2. The van der Waals surface area contributed by atoms with Crippen LogP contribution in [0.2, 0.25) is 0 Å². The molecule has 1 saturated carbocycles. The highest BCUT2D eigenvalue weighted by atomic mass is 32.1. The summed E-state index contributed by atoms with van der Waals surface area (Å²) in [5, 5.41) is 12.5. The lowest BCUT2D eigenvalue weighted by Crippen LogP contribution is -2.30. The van der Waals surface area contributed by atoms with Crippen LogP contribution in [-0.4, -0.2) is 30.0 Å². The summed E-state index contributed by atoms with van der Waals surface area (Å²) >= 11 is 1.75. The highest BCUT2D eigenvalue weighted by molar-refractivity contribution is 7.09. The number of likely N-dealkylation sites (N-methyl/N-ethyl adjacent to an activating group) is 1. The maximum Gasteiger partial charge on any atom is 0.100 e. The van der Waals surface area contributed by atoms with Gasteiger partial charge in [-0.2, -0.15) is 5.26 Å². The summed E-state index contributed by atoms with van der Waals surface area (Å²) in [6.07, 6.45) is 4.50. The molecule has 0 radical (unpaired) electrons. The molecule has 1 aromatic heterocycles. The number of piperidine rings is 1. The van der Waals surface area contributed by atoms with E-state index < -0.39 is 0 Å². The third-order valence-corrected chi connectivity index (χ3v) is 4.96. The van der Waals surface area contributed by atoms with Crippen molar-refractivity contribution in [3.05, 3.63) is 16.1 Å². The molecule has 3 nitrogen and oxygen atoms in total. The van der Waals surface area contributed by atoms with Gasteiger partial charge in [0.15, 0.2) is 0 Å². The molecule has 0 amide bonds. The summed E-state index contributed by atoms with van der Waals surface area (Å²) in [4.78, 5) is 7.12. The van der Waals surface area contributed by atoms with Gasteiger partial charge in [0.25, 0.3) is 0 Å². The Labute approximate surface area is 106 Å². The molecular weight excluding hydrogens is 230 g/mol. The molecule has 2 heterocycles. The van der Waals surface area contributed by atoms with E-state index in [4.69, 9.17) is 4.98 Å². The van der Waals surface area contributed by atoms with E-state index >= 15 is 0 Å². The smallest absolute Gasteiger partial charge is 0.100 e. The van der Waals surface area contributed by atoms with E-state index in [1.807, 2.05) is 0 Å². The van der Waals surface area contributed by atoms with Crippen LogP contribution in [0.1, 0.15) is 42.3 Å². The van der Waals surface area contributed by atoms with E-state index in [9.17, 15) is 5.26 Å². The summed E-state index contributed by atoms with van der Waals surface area (Å²) in [6, 6.07) is 2.43. The Morgan fingerprint density at radius 1 is 1.59 bits per heavy atom. The molecule has 1 aliphatic carbocycles. The predicted molar refractivity (Wildman–Crippen MR) is 68.1 cm³/mol. The number of hydrogen-bond acceptors (Lipinski definition) is 4. The molecule has 2 aliphatic rings. The van der Waals surface area contributed by atoms with E-state index in [1.54, 1.807) is 11.3 Å². The molecule has 17 heavy (non-hydrogen) atoms. The van der Waals surface area contributed by atoms with Gasteiger partial charge in [0.2, 0.25) is 0 Å². The molecule has 2 fully saturated rings. The van der Waals surface area contributed by atoms with E-state index in [1.165, 1.54) is 24.4 Å². The van der Waals surface area contributed by atoms with Crippen molar-refractivity contribution >= 4 is 11.3 Å². The number of nitrogens with zero attached hydrogens (tertiary/aromatic N) is 3. The topological polar surface area (TPSA) is 39.9 Å². The predicted octanol–water partition coefficient (Wildman–Crippen LogP) is 2.51. The summed E-state index contributed by atoms with van der Waals surface area (Å²) in [6.45, 7) is 2.32. The minimum absolute atomic E-state index is 0.213. The zero-order valence-electron chi connectivity index (χ0n) is 10.1. The second-order valence-corrected chi connectivity index (χ2v) is 6.26. The zero-order valence-corrected chi connectivity index (χ0v) is 11.0. The van der Waals surface area contributed by atoms with E-state index in [2.05, 4.69) is 23.4 Å². The molecule has 1 aliphatic heterocycles. The molecule has 0 N–H and O–H groups in total. The van der Waals surface area contributed by atoms with Crippen LogP contribution in [0.15, 0.2) is 5.38 Å². The van der Waals surface area contributed by atoms with Crippen LogP contribution in [0.4, 0.5) is 0 Å². The van der Waals surface area contributed by atoms with Crippen LogP contribution in [0.3, 0.4) is 0 Å². The van der Waals surface area contributed by atoms with Crippen molar-refractivity contribution in [1.29, 1.82) is 5.26 Å². The van der Waals surface area contributed by atoms with Crippen molar-refractivity contribution in [2.75, 3.05) is 20.1 Å². The highest BCUT2D eigenvalue weighted by Gasteiger charge is 2.47. The molecule has 1 unspecified atom stereocenters. The average molecular weight is 247 g/mol. The molecule has 1 aromatic rings. The summed E-state index contributed by atoms with van der Waals surface area (Å²) < 4.78 is 0. The molecule has 4 heteroatoms. The quantitative estimate of drug-likeness (QED) is 0.806. The van der Waals surface area contributed by atoms with Crippen LogP contribution in [-0.2, 0) is 5.41 Å². The monoisotopic (exact) mass is 247 g/mol. The highest BCUT2D eigenvalue weighted by Crippen LogP contribution is 2.48. The molecule has 1 saturated heterocycles. The van der Waals surface area contributed by atoms with Gasteiger partial charge in [0.1, 0.15) is 5.41 Å². The number of rotatable bonds is 2. The standard InChI is InChI=1S/C13H17N3S/c1-16-6-2-3-10(7-16)12-15-11(8-17-12)13(9-14)4-5-13/h8,10H,2-7H2,1H3. The lowest BCUT2D eigenvalue weighted by atomic mass is 9.99. The minimum atomic E-state index is -0.213. The van der Waals surface area contributed by atoms with E-state index in [-0.39, 0.29) is 5.41 Å². The Balaban J connectivity index is 1.79. The fourth-order valence-corrected chi connectivity index (χ4v) is 3.66. The Kier molecular flexibility index (Phi) is 2.68. The minimum Gasteiger partial charge on any atom is -0.306 e. The van der Waals surface area contributed by atoms with E-state index in [0.717, 1.165) is 25.1 Å². The van der Waals surface area contributed by atoms with Crippen molar-refractivity contribution in [3.63, 3.8) is 0 Å². The number of likely N-dealkylation sites (tertiary alicyclic amines) is 1. The van der Waals surface area contributed by atoms with Gasteiger partial charge >= 0.3 is 0 Å². The number of nitriles is 1. The lowest BCUT2D eigenvalue weighted by Gasteiger charge is -2.28. The van der Waals surface area contributed by atoms with Gasteiger partial charge in [0.05, 0.1) is 16.8 Å². The van der Waals surface area contributed by atoms with Crippen molar-refractivity contribution in [2.45, 2.75) is 37.0 Å². The van der Waals surface area contributed by atoms with Gasteiger partial charge in [0, 0.05) is 17.8 Å². The zero-order chi connectivity index (χ0) is 11.9. The molecule has 90 valence electrons. The largest absolute Gasteiger partial charge is 0.306 e. The average Bonchev–Trinajstić information content (AvgIpc) is 2.99. The summed E-state index contributed by atoms with van der Waals surface area (Å²) in [5.74, 6) is 0.585. The SMILES string of the molecule is CN1CCCC(c2nc(C3(C#N)CC3)cs2)C1. The molecule has 0 bridgehead atoms. The second kappa shape index (κ2) is 4.08. The lowest BCUT2D eigenvalue weighted by molar-refractivity contribution is 0.250. The second-order valence-electron chi connectivity index (χ2n) is 5.37. The van der Waals surface area contributed by atoms with E-state index in [0.29, 0.717) is 5.92 Å². The Morgan fingerprint density at radius 3 is 3.06 bits per heavy atom. The first-order chi connectivity index (χ1) is 8.23. The van der Waals surface area contributed by atoms with Gasteiger partial charge in [-0.25, -0.2) is 4.98 Å². The normalized spacial score (nSPS) is 27.6. The van der Waals surface area contributed by atoms with Gasteiger partial charge in [-0.1, -0.05) is 0 Å². The third-order valence-electron chi connectivity index (χ3n) is 3.95. The molecule has 1 atom stereocenters. The van der Waals surface area contributed by atoms with Crippen LogP contribution in [0.5, 0.6) is 0 Å². The Bertz CT molecular complexity index is 455. The number of aromatic nitrogens is 1. The van der Waals surface area contributed by atoms with Gasteiger partial charge in [-0.15, -0.1) is 11.3 Å². The van der Waals surface area contributed by atoms with Crippen molar-refractivity contribution in [1.82, 2.24) is 9.88 Å². The third kappa shape index (κ3) is 1.98. The molecule has 3 rings (SSSR count). The van der Waals surface area contributed by atoms with Gasteiger partial charge < -0.3 is 4.90 Å². The molecule has 0 spiro atoms. The van der Waals surface area contributed by atoms with Gasteiger partial charge in [-0.3, -0.25) is 0 Å². The fourth-order valence-electron chi connectivity index (χ4n) is 2.61. The Morgan fingerprint density at radius 2 is 2.41 bits per heavy atom. The van der Waals surface area contributed by atoms with Crippen molar-refractivity contribution < 1.29 is 0 Å². The van der Waals surface area contributed by atoms with Crippen molar-refractivity contribution in [2.24, 2.45) is 0 Å². The Hall–Kier alpha value is -0.920. The van der Waals surface area contributed by atoms with Gasteiger partial charge in [-0.05, 0) is 39.3 Å². The summed E-state index contributed by atoms with van der Waals surface area (Å²) in [5.41, 5.74) is 0.822. The molecular formula is C13H17N3S. The maximum atomic E-state index is 9.18. The van der Waals surface area contributed by atoms with Crippen LogP contribution >= 0.6 is 11.3 Å². The fraction of sp³-hybridized carbons (Fsp3) is 0.692. The van der Waals surface area contributed by atoms with Crippen molar-refractivity contribution in [3.8, 4) is 6.07 Å². The number of thiazole rings is 1. The van der Waals surface area contributed by atoms with Crippen LogP contribution in [0.25, 0.3) is 0 Å². The van der Waals surface area contributed by atoms with Crippen LogP contribution < -0.4 is 0 Å². The first-order valence-electron chi connectivity index (χ1n) is 6.29.